The number of benzene rings is 1. The number of thiophene rings is 1. The van der Waals surface area contributed by atoms with Crippen LogP contribution in [0.15, 0.2) is 39.9 Å². The van der Waals surface area contributed by atoms with Crippen LogP contribution in [0, 0.1) is 13.8 Å². The van der Waals surface area contributed by atoms with Crippen LogP contribution in [0.4, 0.5) is 17.5 Å². The van der Waals surface area contributed by atoms with Gasteiger partial charge in [-0.05, 0) is 69.4 Å². The number of oxazole rings is 1. The smallest absolute Gasteiger partial charge is 0.309 e. The van der Waals surface area contributed by atoms with Crippen LogP contribution in [0.3, 0.4) is 0 Å². The van der Waals surface area contributed by atoms with E-state index in [-0.39, 0.29) is 10.9 Å². The molecule has 0 amide bonds. The monoisotopic (exact) mass is 455 g/mol. The topological polar surface area (TPSA) is 110 Å². The molecule has 5 rings (SSSR count). The summed E-state index contributed by atoms with van der Waals surface area (Å²) in [5, 5.41) is 4.41. The Balaban J connectivity index is 1.40. The molecular formula is C21H21N5O3S2. The van der Waals surface area contributed by atoms with Crippen molar-refractivity contribution in [1.29, 1.82) is 0 Å². The van der Waals surface area contributed by atoms with E-state index in [0.29, 0.717) is 11.5 Å². The Morgan fingerprint density at radius 2 is 1.84 bits per heavy atom. The van der Waals surface area contributed by atoms with Crippen molar-refractivity contribution >= 4 is 49.1 Å². The third-order valence-electron chi connectivity index (χ3n) is 5.43. The molecule has 4 aromatic rings. The highest BCUT2D eigenvalue weighted by Crippen LogP contribution is 2.38. The maximum atomic E-state index is 12.6. The van der Waals surface area contributed by atoms with Crippen molar-refractivity contribution in [2.24, 2.45) is 0 Å². The molecule has 0 atom stereocenters. The molecule has 0 saturated carbocycles. The van der Waals surface area contributed by atoms with Crippen LogP contribution in [0.2, 0.25) is 0 Å². The lowest BCUT2D eigenvalue weighted by Crippen LogP contribution is -2.13. The number of anilines is 3. The zero-order chi connectivity index (χ0) is 21.6. The summed E-state index contributed by atoms with van der Waals surface area (Å²) in [6.45, 7) is 3.49. The van der Waals surface area contributed by atoms with Gasteiger partial charge in [0.05, 0.1) is 16.0 Å². The number of rotatable bonds is 5. The van der Waals surface area contributed by atoms with Crippen molar-refractivity contribution in [3.63, 3.8) is 0 Å². The third-order valence-corrected chi connectivity index (χ3v) is 7.96. The second-order valence-electron chi connectivity index (χ2n) is 7.53. The number of fused-ring (bicyclic) bond motifs is 3. The van der Waals surface area contributed by atoms with Crippen molar-refractivity contribution in [3.05, 3.63) is 52.5 Å². The van der Waals surface area contributed by atoms with Crippen molar-refractivity contribution in [2.75, 3.05) is 10.0 Å². The van der Waals surface area contributed by atoms with E-state index in [4.69, 9.17) is 4.42 Å². The summed E-state index contributed by atoms with van der Waals surface area (Å²) in [4.78, 5) is 15.5. The fourth-order valence-electron chi connectivity index (χ4n) is 3.73. The average molecular weight is 456 g/mol. The molecule has 10 heteroatoms. The first kappa shape index (κ1) is 20.0. The van der Waals surface area contributed by atoms with Crippen molar-refractivity contribution in [3.8, 4) is 0 Å². The Labute approximate surface area is 183 Å². The third kappa shape index (κ3) is 3.77. The fourth-order valence-corrected chi connectivity index (χ4v) is 5.89. The number of sulfonamides is 1. The fraction of sp³-hybridized carbons (Fsp3) is 0.286. The number of nitrogens with zero attached hydrogens (tertiary/aromatic N) is 3. The highest BCUT2D eigenvalue weighted by atomic mass is 32.2. The second kappa shape index (κ2) is 7.61. The van der Waals surface area contributed by atoms with Crippen LogP contribution >= 0.6 is 11.3 Å². The molecule has 0 saturated heterocycles. The molecule has 2 N–H and O–H groups in total. The largest absolute Gasteiger partial charge is 0.428 e. The highest BCUT2D eigenvalue weighted by molar-refractivity contribution is 7.92. The van der Waals surface area contributed by atoms with Gasteiger partial charge < -0.3 is 9.73 Å². The van der Waals surface area contributed by atoms with Gasteiger partial charge in [-0.25, -0.2) is 23.1 Å². The molecule has 1 aliphatic rings. The summed E-state index contributed by atoms with van der Waals surface area (Å²) >= 11 is 1.74. The number of hydrogen-bond acceptors (Lipinski definition) is 8. The van der Waals surface area contributed by atoms with Gasteiger partial charge in [-0.15, -0.1) is 11.3 Å². The van der Waals surface area contributed by atoms with Crippen molar-refractivity contribution in [1.82, 2.24) is 15.0 Å². The first-order chi connectivity index (χ1) is 14.9. The van der Waals surface area contributed by atoms with Gasteiger partial charge in [-0.3, -0.25) is 0 Å². The van der Waals surface area contributed by atoms with Gasteiger partial charge in [0.2, 0.25) is 0 Å². The Morgan fingerprint density at radius 3 is 2.58 bits per heavy atom. The van der Waals surface area contributed by atoms with E-state index in [2.05, 4.69) is 25.0 Å². The van der Waals surface area contributed by atoms with Gasteiger partial charge in [0.15, 0.2) is 0 Å². The summed E-state index contributed by atoms with van der Waals surface area (Å²) < 4.78 is 33.0. The van der Waals surface area contributed by atoms with Gasteiger partial charge >= 0.3 is 6.01 Å². The molecule has 0 bridgehead atoms. The lowest BCUT2D eigenvalue weighted by Gasteiger charge is -2.12. The molecule has 0 aliphatic heterocycles. The first-order valence-electron chi connectivity index (χ1n) is 10.00. The molecule has 3 heterocycles. The highest BCUT2D eigenvalue weighted by Gasteiger charge is 2.21. The summed E-state index contributed by atoms with van der Waals surface area (Å²) in [5.74, 6) is 1.33. The molecular weight excluding hydrogens is 434 g/mol. The van der Waals surface area contributed by atoms with E-state index in [1.165, 1.54) is 35.4 Å². The molecule has 8 nitrogen and oxygen atoms in total. The van der Waals surface area contributed by atoms with E-state index in [1.54, 1.807) is 43.6 Å². The van der Waals surface area contributed by atoms with Crippen LogP contribution in [0.5, 0.6) is 0 Å². The van der Waals surface area contributed by atoms with Crippen molar-refractivity contribution in [2.45, 2.75) is 44.4 Å². The van der Waals surface area contributed by atoms with Crippen LogP contribution in [-0.2, 0) is 22.9 Å². The van der Waals surface area contributed by atoms with Gasteiger partial charge in [0.1, 0.15) is 22.7 Å². The molecule has 160 valence electrons. The minimum absolute atomic E-state index is 0.0391. The summed E-state index contributed by atoms with van der Waals surface area (Å²) in [5.41, 5.74) is 2.73. The van der Waals surface area contributed by atoms with Crippen LogP contribution in [0.25, 0.3) is 10.2 Å². The molecule has 3 aromatic heterocycles. The normalized spacial score (nSPS) is 13.9. The molecule has 0 unspecified atom stereocenters. The van der Waals surface area contributed by atoms with E-state index >= 15 is 0 Å². The quantitative estimate of drug-likeness (QED) is 0.448. The molecule has 1 aliphatic carbocycles. The molecule has 1 aromatic carbocycles. The Bertz CT molecular complexity index is 1350. The van der Waals surface area contributed by atoms with Gasteiger partial charge in [-0.1, -0.05) is 0 Å². The number of hydrogen-bond donors (Lipinski definition) is 2. The number of aromatic nitrogens is 3. The van der Waals surface area contributed by atoms with E-state index in [9.17, 15) is 8.42 Å². The number of nitrogens with one attached hydrogen (secondary N) is 2. The van der Waals surface area contributed by atoms with Crippen LogP contribution < -0.4 is 10.0 Å². The minimum Gasteiger partial charge on any atom is -0.428 e. The minimum atomic E-state index is -3.80. The summed E-state index contributed by atoms with van der Waals surface area (Å²) in [6, 6.07) is 6.47. The Hall–Kier alpha value is -2.98. The van der Waals surface area contributed by atoms with Gasteiger partial charge in [0.25, 0.3) is 10.0 Å². The summed E-state index contributed by atoms with van der Waals surface area (Å²) in [6.07, 6.45) is 6.09. The summed E-state index contributed by atoms with van der Waals surface area (Å²) in [7, 11) is -3.80. The van der Waals surface area contributed by atoms with Crippen molar-refractivity contribution < 1.29 is 12.8 Å². The lowest BCUT2D eigenvalue weighted by atomic mass is 9.97. The maximum absolute atomic E-state index is 12.6. The van der Waals surface area contributed by atoms with E-state index in [1.807, 2.05) is 0 Å². The SMILES string of the molecule is Cc1nc(NS(=O)(=O)c2ccc(Nc3ncnc4sc5c(c34)CCCC5)cc2)oc1C. The zero-order valence-corrected chi connectivity index (χ0v) is 18.7. The predicted molar refractivity (Wildman–Crippen MR) is 121 cm³/mol. The van der Waals surface area contributed by atoms with Gasteiger partial charge in [-0.2, -0.15) is 4.98 Å². The molecule has 0 radical (unpaired) electrons. The zero-order valence-electron chi connectivity index (χ0n) is 17.1. The van der Waals surface area contributed by atoms with E-state index < -0.39 is 10.0 Å². The predicted octanol–water partition coefficient (Wildman–Crippen LogP) is 4.72. The Kier molecular flexibility index (Phi) is 4.90. The maximum Gasteiger partial charge on any atom is 0.309 e. The van der Waals surface area contributed by atoms with Crippen LogP contribution in [-0.4, -0.2) is 23.4 Å². The Morgan fingerprint density at radius 1 is 1.06 bits per heavy atom. The average Bonchev–Trinajstić information content (AvgIpc) is 3.27. The second-order valence-corrected chi connectivity index (χ2v) is 10.3. The molecule has 31 heavy (non-hydrogen) atoms. The van der Waals surface area contributed by atoms with Gasteiger partial charge in [0, 0.05) is 10.6 Å². The molecule has 0 fully saturated rings. The van der Waals surface area contributed by atoms with E-state index in [0.717, 1.165) is 34.6 Å². The first-order valence-corrected chi connectivity index (χ1v) is 12.3. The molecule has 0 spiro atoms. The van der Waals surface area contributed by atoms with Crippen LogP contribution in [0.1, 0.15) is 34.7 Å². The standard InChI is InChI=1S/C21H21N5O3S2/c1-12-13(2)29-21(24-12)26-31(27,28)15-9-7-14(8-10-15)25-19-18-16-5-3-4-6-17(16)30-20(18)23-11-22-19/h7-11H,3-6H2,1-2H3,(H,24,26)(H,22,23,25). The number of aryl methyl sites for hydroxylation is 4. The lowest BCUT2D eigenvalue weighted by molar-refractivity contribution is 0.542.